The van der Waals surface area contributed by atoms with Gasteiger partial charge in [-0.1, -0.05) is 68.1 Å². The number of hydrogen-bond acceptors (Lipinski definition) is 3. The van der Waals surface area contributed by atoms with E-state index in [0.29, 0.717) is 19.4 Å². The Morgan fingerprint density at radius 2 is 1.76 bits per heavy atom. The number of hydrogen-bond donors (Lipinski definition) is 1. The average molecular weight is 487 g/mol. The van der Waals surface area contributed by atoms with Gasteiger partial charge in [0.1, 0.15) is 6.04 Å². The number of nitrogens with zero attached hydrogens (tertiary/aromatic N) is 1. The average Bonchev–Trinajstić information content (AvgIpc) is 2.84. The zero-order valence-electron chi connectivity index (χ0n) is 19.5. The summed E-state index contributed by atoms with van der Waals surface area (Å²) in [6.07, 6.45) is 7.46. The van der Waals surface area contributed by atoms with Crippen LogP contribution in [0.1, 0.15) is 63.9 Å². The number of amides is 2. The van der Waals surface area contributed by atoms with Gasteiger partial charge >= 0.3 is 0 Å². The summed E-state index contributed by atoms with van der Waals surface area (Å²) in [5.41, 5.74) is 1.05. The molecule has 2 aromatic rings. The van der Waals surface area contributed by atoms with Crippen LogP contribution in [0, 0.1) is 0 Å². The molecule has 0 aliphatic heterocycles. The molecule has 1 atom stereocenters. The number of nitrogens with one attached hydrogen (secondary N) is 1. The first kappa shape index (κ1) is 25.6. The van der Waals surface area contributed by atoms with Crippen molar-refractivity contribution in [3.05, 3.63) is 65.2 Å². The smallest absolute Gasteiger partial charge is 0.243 e. The molecule has 0 saturated heterocycles. The van der Waals surface area contributed by atoms with Gasteiger partial charge in [-0.3, -0.25) is 9.59 Å². The maximum absolute atomic E-state index is 13.3. The van der Waals surface area contributed by atoms with Crippen LogP contribution in [0.15, 0.2) is 59.5 Å². The number of carbonyl (C=O) groups excluding carboxylic acids is 2. The summed E-state index contributed by atoms with van der Waals surface area (Å²) in [5, 5.41) is 3.96. The molecule has 0 bridgehead atoms. The summed E-state index contributed by atoms with van der Waals surface area (Å²) >= 11 is 7.68. The molecule has 1 aliphatic rings. The van der Waals surface area contributed by atoms with Gasteiger partial charge in [0.2, 0.25) is 11.8 Å². The molecule has 2 aromatic carbocycles. The van der Waals surface area contributed by atoms with Crippen molar-refractivity contribution in [3.8, 4) is 0 Å². The molecule has 178 valence electrons. The molecule has 1 saturated carbocycles. The summed E-state index contributed by atoms with van der Waals surface area (Å²) in [5.74, 6) is 0.878. The fraction of sp³-hybridized carbons (Fsp3) is 0.481. The molecule has 1 aliphatic carbocycles. The zero-order chi connectivity index (χ0) is 23.5. The van der Waals surface area contributed by atoms with Gasteiger partial charge in [0.25, 0.3) is 0 Å². The second-order valence-electron chi connectivity index (χ2n) is 8.68. The van der Waals surface area contributed by atoms with Crippen LogP contribution in [0.5, 0.6) is 0 Å². The van der Waals surface area contributed by atoms with Gasteiger partial charge in [-0.25, -0.2) is 0 Å². The van der Waals surface area contributed by atoms with E-state index in [4.69, 9.17) is 11.6 Å². The predicted octanol–water partition coefficient (Wildman–Crippen LogP) is 6.47. The summed E-state index contributed by atoms with van der Waals surface area (Å²) in [6, 6.07) is 17.5. The number of carbonyl (C=O) groups is 2. The van der Waals surface area contributed by atoms with Gasteiger partial charge in [-0.2, -0.15) is 0 Å². The Bertz CT molecular complexity index is 869. The monoisotopic (exact) mass is 486 g/mol. The first-order chi connectivity index (χ1) is 16.1. The van der Waals surface area contributed by atoms with Crippen LogP contribution in [0.25, 0.3) is 0 Å². The highest BCUT2D eigenvalue weighted by Gasteiger charge is 2.30. The Morgan fingerprint density at radius 3 is 2.42 bits per heavy atom. The molecule has 0 aromatic heterocycles. The molecule has 2 amide bonds. The van der Waals surface area contributed by atoms with E-state index in [2.05, 4.69) is 5.32 Å². The fourth-order valence-electron chi connectivity index (χ4n) is 4.33. The zero-order valence-corrected chi connectivity index (χ0v) is 21.0. The third kappa shape index (κ3) is 8.38. The van der Waals surface area contributed by atoms with Crippen LogP contribution in [-0.2, 0) is 16.1 Å². The maximum Gasteiger partial charge on any atom is 0.243 e. The highest BCUT2D eigenvalue weighted by Crippen LogP contribution is 2.23. The van der Waals surface area contributed by atoms with E-state index in [0.717, 1.165) is 40.5 Å². The van der Waals surface area contributed by atoms with Crippen molar-refractivity contribution < 1.29 is 9.59 Å². The lowest BCUT2D eigenvalue weighted by molar-refractivity contribution is -0.141. The quantitative estimate of drug-likeness (QED) is 0.292. The third-order valence-electron chi connectivity index (χ3n) is 6.15. The second kappa shape index (κ2) is 13.7. The largest absolute Gasteiger partial charge is 0.352 e. The number of thioether (sulfide) groups is 1. The van der Waals surface area contributed by atoms with Crippen LogP contribution >= 0.6 is 23.4 Å². The second-order valence-corrected chi connectivity index (χ2v) is 10.3. The van der Waals surface area contributed by atoms with Crippen molar-refractivity contribution in [1.82, 2.24) is 10.2 Å². The molecule has 3 rings (SSSR count). The minimum absolute atomic E-state index is 0.00998. The number of rotatable bonds is 11. The van der Waals surface area contributed by atoms with Crippen LogP contribution in [0.4, 0.5) is 0 Å². The van der Waals surface area contributed by atoms with Gasteiger partial charge in [0, 0.05) is 28.9 Å². The molecule has 6 heteroatoms. The topological polar surface area (TPSA) is 49.4 Å². The SMILES string of the molecule is CCC(C(=O)NC1CCCCC1)N(Cc1ccccc1)C(=O)CCCSc1ccc(Cl)cc1. The summed E-state index contributed by atoms with van der Waals surface area (Å²) < 4.78 is 0. The van der Waals surface area contributed by atoms with Gasteiger partial charge in [-0.15, -0.1) is 11.8 Å². The van der Waals surface area contributed by atoms with Crippen molar-refractivity contribution in [1.29, 1.82) is 0 Å². The van der Waals surface area contributed by atoms with Crippen molar-refractivity contribution >= 4 is 35.2 Å². The van der Waals surface area contributed by atoms with Crippen LogP contribution in [0.2, 0.25) is 5.02 Å². The maximum atomic E-state index is 13.3. The summed E-state index contributed by atoms with van der Waals surface area (Å²) in [4.78, 5) is 29.5. The first-order valence-electron chi connectivity index (χ1n) is 12.1. The van der Waals surface area contributed by atoms with Crippen LogP contribution in [-0.4, -0.2) is 34.6 Å². The molecule has 1 unspecified atom stereocenters. The van der Waals surface area contributed by atoms with Crippen LogP contribution in [0.3, 0.4) is 0 Å². The molecule has 0 spiro atoms. The molecular formula is C27H35ClN2O2S. The highest BCUT2D eigenvalue weighted by molar-refractivity contribution is 7.99. The van der Waals surface area contributed by atoms with E-state index in [9.17, 15) is 9.59 Å². The van der Waals surface area contributed by atoms with E-state index in [1.807, 2.05) is 61.5 Å². The van der Waals surface area contributed by atoms with E-state index < -0.39 is 6.04 Å². The van der Waals surface area contributed by atoms with E-state index in [-0.39, 0.29) is 17.9 Å². The highest BCUT2D eigenvalue weighted by atomic mass is 35.5. The van der Waals surface area contributed by atoms with Gasteiger partial charge in [0.05, 0.1) is 0 Å². The summed E-state index contributed by atoms with van der Waals surface area (Å²) in [7, 11) is 0. The van der Waals surface area contributed by atoms with Gasteiger partial charge in [0.15, 0.2) is 0 Å². The lowest BCUT2D eigenvalue weighted by Crippen LogP contribution is -2.51. The minimum atomic E-state index is -0.441. The van der Waals surface area contributed by atoms with Crippen molar-refractivity contribution in [3.63, 3.8) is 0 Å². The Labute approximate surface area is 207 Å². The Balaban J connectivity index is 1.61. The lowest BCUT2D eigenvalue weighted by Gasteiger charge is -2.33. The minimum Gasteiger partial charge on any atom is -0.352 e. The van der Waals surface area contributed by atoms with Crippen molar-refractivity contribution in [2.24, 2.45) is 0 Å². The van der Waals surface area contributed by atoms with E-state index in [1.165, 1.54) is 19.3 Å². The standard InChI is InChI=1S/C27H35ClN2O2S/c1-2-25(27(32)29-23-12-7-4-8-13-23)30(20-21-10-5-3-6-11-21)26(31)14-9-19-33-24-17-15-22(28)16-18-24/h3,5-6,10-11,15-18,23,25H,2,4,7-9,12-14,19-20H2,1H3,(H,29,32). The van der Waals surface area contributed by atoms with Crippen LogP contribution < -0.4 is 5.32 Å². The Morgan fingerprint density at radius 1 is 1.06 bits per heavy atom. The molecule has 33 heavy (non-hydrogen) atoms. The molecule has 1 N–H and O–H groups in total. The Hall–Kier alpha value is -1.98. The first-order valence-corrected chi connectivity index (χ1v) is 13.4. The van der Waals surface area contributed by atoms with Crippen molar-refractivity contribution in [2.45, 2.75) is 81.8 Å². The fourth-order valence-corrected chi connectivity index (χ4v) is 5.31. The number of benzene rings is 2. The van der Waals surface area contributed by atoms with Gasteiger partial charge in [-0.05, 0) is 61.3 Å². The summed E-state index contributed by atoms with van der Waals surface area (Å²) in [6.45, 7) is 2.45. The molecule has 4 nitrogen and oxygen atoms in total. The molecule has 0 radical (unpaired) electrons. The molecular weight excluding hydrogens is 452 g/mol. The van der Waals surface area contributed by atoms with Gasteiger partial charge < -0.3 is 10.2 Å². The lowest BCUT2D eigenvalue weighted by atomic mass is 9.95. The molecule has 0 heterocycles. The normalized spacial score (nSPS) is 15.1. The number of halogens is 1. The van der Waals surface area contributed by atoms with Crippen molar-refractivity contribution in [2.75, 3.05) is 5.75 Å². The third-order valence-corrected chi connectivity index (χ3v) is 7.50. The Kier molecular flexibility index (Phi) is 10.6. The van der Waals surface area contributed by atoms with E-state index in [1.54, 1.807) is 16.7 Å². The van der Waals surface area contributed by atoms with E-state index >= 15 is 0 Å². The molecule has 1 fully saturated rings. The predicted molar refractivity (Wildman–Crippen MR) is 137 cm³/mol.